The van der Waals surface area contributed by atoms with Gasteiger partial charge in [-0.1, -0.05) is 13.3 Å². The molecule has 0 spiro atoms. The maximum absolute atomic E-state index is 11.9. The fraction of sp³-hybridized carbons (Fsp3) is 0.357. The van der Waals surface area contributed by atoms with E-state index in [9.17, 15) is 9.90 Å². The largest absolute Gasteiger partial charge is 0.493 e. The number of nitrogens with zero attached hydrogens (tertiary/aromatic N) is 2. The van der Waals surface area contributed by atoms with Crippen LogP contribution in [-0.2, 0) is 6.42 Å². The minimum absolute atomic E-state index is 0.187. The molecule has 100 valence electrons. The van der Waals surface area contributed by atoms with Gasteiger partial charge in [-0.2, -0.15) is 4.98 Å². The Hall–Kier alpha value is -2.17. The summed E-state index contributed by atoms with van der Waals surface area (Å²) in [5.74, 6) is 0.184. The molecule has 0 amide bonds. The second kappa shape index (κ2) is 5.22. The molecule has 2 aromatic heterocycles. The molecule has 0 radical (unpaired) electrons. The van der Waals surface area contributed by atoms with Crippen molar-refractivity contribution in [2.75, 3.05) is 0 Å². The van der Waals surface area contributed by atoms with Crippen LogP contribution in [-0.4, -0.2) is 20.1 Å². The van der Waals surface area contributed by atoms with Crippen molar-refractivity contribution in [1.82, 2.24) is 15.0 Å². The third-order valence-corrected chi connectivity index (χ3v) is 2.85. The molecule has 0 aromatic carbocycles. The minimum Gasteiger partial charge on any atom is -0.493 e. The lowest BCUT2D eigenvalue weighted by atomic mass is 10.1. The third-order valence-electron chi connectivity index (χ3n) is 2.85. The van der Waals surface area contributed by atoms with Gasteiger partial charge in [-0.25, -0.2) is 0 Å². The van der Waals surface area contributed by atoms with Crippen LogP contribution in [0.15, 0.2) is 16.9 Å². The van der Waals surface area contributed by atoms with Gasteiger partial charge < -0.3 is 10.1 Å². The molecule has 0 saturated heterocycles. The summed E-state index contributed by atoms with van der Waals surface area (Å²) in [5, 5.41) is 9.86. The van der Waals surface area contributed by atoms with Crippen LogP contribution < -0.4 is 5.56 Å². The van der Waals surface area contributed by atoms with E-state index < -0.39 is 0 Å². The molecule has 0 aliphatic rings. The number of rotatable bonds is 3. The first kappa shape index (κ1) is 13.3. The maximum Gasteiger partial charge on any atom is 0.258 e. The highest BCUT2D eigenvalue weighted by molar-refractivity contribution is 5.56. The maximum atomic E-state index is 11.9. The monoisotopic (exact) mass is 259 g/mol. The highest BCUT2D eigenvalue weighted by Gasteiger charge is 2.11. The van der Waals surface area contributed by atoms with Gasteiger partial charge in [0.1, 0.15) is 5.82 Å². The van der Waals surface area contributed by atoms with Gasteiger partial charge in [0.05, 0.1) is 5.56 Å². The summed E-state index contributed by atoms with van der Waals surface area (Å²) in [4.78, 5) is 23.0. The zero-order valence-corrected chi connectivity index (χ0v) is 11.3. The van der Waals surface area contributed by atoms with Gasteiger partial charge in [0.25, 0.3) is 5.56 Å². The normalized spacial score (nSPS) is 10.7. The lowest BCUT2D eigenvalue weighted by molar-refractivity contribution is 0.443. The molecule has 0 unspecified atom stereocenters. The minimum atomic E-state index is -0.281. The van der Waals surface area contributed by atoms with Crippen LogP contribution in [0.25, 0.3) is 11.4 Å². The van der Waals surface area contributed by atoms with Crippen molar-refractivity contribution in [3.05, 3.63) is 39.4 Å². The fourth-order valence-electron chi connectivity index (χ4n) is 2.07. The summed E-state index contributed by atoms with van der Waals surface area (Å²) in [6.45, 7) is 5.70. The third kappa shape index (κ3) is 2.81. The molecule has 2 N–H and O–H groups in total. The van der Waals surface area contributed by atoms with Crippen molar-refractivity contribution >= 4 is 0 Å². The Morgan fingerprint density at radius 2 is 1.84 bits per heavy atom. The Morgan fingerprint density at radius 3 is 2.37 bits per heavy atom. The van der Waals surface area contributed by atoms with Crippen LogP contribution in [0.3, 0.4) is 0 Å². The molecule has 0 aliphatic carbocycles. The molecule has 0 aliphatic heterocycles. The van der Waals surface area contributed by atoms with Gasteiger partial charge in [-0.05, 0) is 32.4 Å². The molecule has 0 saturated carbocycles. The van der Waals surface area contributed by atoms with E-state index >= 15 is 0 Å². The van der Waals surface area contributed by atoms with Gasteiger partial charge >= 0.3 is 0 Å². The van der Waals surface area contributed by atoms with E-state index in [1.165, 1.54) is 0 Å². The molecule has 5 nitrogen and oxygen atoms in total. The Morgan fingerprint density at radius 1 is 1.21 bits per heavy atom. The van der Waals surface area contributed by atoms with Crippen molar-refractivity contribution in [2.45, 2.75) is 33.6 Å². The van der Waals surface area contributed by atoms with Crippen molar-refractivity contribution in [3.8, 4) is 17.3 Å². The predicted molar refractivity (Wildman–Crippen MR) is 73.2 cm³/mol. The van der Waals surface area contributed by atoms with Crippen molar-refractivity contribution < 1.29 is 5.11 Å². The van der Waals surface area contributed by atoms with Crippen molar-refractivity contribution in [2.24, 2.45) is 0 Å². The van der Waals surface area contributed by atoms with Gasteiger partial charge in [-0.3, -0.25) is 9.78 Å². The molecule has 19 heavy (non-hydrogen) atoms. The Bertz CT molecular complexity index is 642. The number of nitrogens with one attached hydrogen (secondary N) is 1. The number of aromatic amines is 1. The number of aromatic hydroxyl groups is 1. The molecule has 2 heterocycles. The molecule has 0 fully saturated rings. The van der Waals surface area contributed by atoms with Gasteiger partial charge in [-0.15, -0.1) is 0 Å². The van der Waals surface area contributed by atoms with Crippen molar-refractivity contribution in [1.29, 1.82) is 0 Å². The van der Waals surface area contributed by atoms with E-state index in [1.54, 1.807) is 0 Å². The number of H-pyrrole nitrogens is 1. The zero-order valence-electron chi connectivity index (χ0n) is 11.3. The molecule has 0 bridgehead atoms. The number of hydrogen-bond donors (Lipinski definition) is 2. The molecule has 0 atom stereocenters. The van der Waals surface area contributed by atoms with E-state index in [-0.39, 0.29) is 11.4 Å². The molecule has 2 aromatic rings. The number of aryl methyl sites for hydroxylation is 2. The summed E-state index contributed by atoms with van der Waals surface area (Å²) >= 11 is 0. The van der Waals surface area contributed by atoms with Crippen LogP contribution >= 0.6 is 0 Å². The van der Waals surface area contributed by atoms with Crippen molar-refractivity contribution in [3.63, 3.8) is 0 Å². The Labute approximate surface area is 111 Å². The fourth-order valence-corrected chi connectivity index (χ4v) is 2.07. The molecule has 5 heteroatoms. The first-order valence-electron chi connectivity index (χ1n) is 6.29. The van der Waals surface area contributed by atoms with E-state index in [2.05, 4.69) is 15.0 Å². The summed E-state index contributed by atoms with van der Waals surface area (Å²) < 4.78 is 0. The first-order valence-corrected chi connectivity index (χ1v) is 6.29. The van der Waals surface area contributed by atoms with E-state index in [4.69, 9.17) is 0 Å². The number of aromatic nitrogens is 3. The number of hydrogen-bond acceptors (Lipinski definition) is 4. The first-order chi connectivity index (χ1) is 9.01. The second-order valence-electron chi connectivity index (χ2n) is 4.61. The molecular formula is C14H17N3O2. The lowest BCUT2D eigenvalue weighted by Crippen LogP contribution is -2.15. The summed E-state index contributed by atoms with van der Waals surface area (Å²) in [6, 6.07) is 3.65. The SMILES string of the molecule is CCCc1c(O)nc(-c2cc(C)nc(C)c2)[nH]c1=O. The smallest absolute Gasteiger partial charge is 0.258 e. The molecular weight excluding hydrogens is 242 g/mol. The van der Waals surface area contributed by atoms with Gasteiger partial charge in [0.2, 0.25) is 5.88 Å². The van der Waals surface area contributed by atoms with Crippen LogP contribution in [0, 0.1) is 13.8 Å². The van der Waals surface area contributed by atoms with Gasteiger partial charge in [0.15, 0.2) is 0 Å². The van der Waals surface area contributed by atoms with Crippen LogP contribution in [0.1, 0.15) is 30.3 Å². The average molecular weight is 259 g/mol. The van der Waals surface area contributed by atoms with Gasteiger partial charge in [0, 0.05) is 17.0 Å². The van der Waals surface area contributed by atoms with Crippen LogP contribution in [0.2, 0.25) is 0 Å². The average Bonchev–Trinajstić information content (AvgIpc) is 2.32. The standard InChI is InChI=1S/C14H17N3O2/c1-4-5-11-13(18)16-12(17-14(11)19)10-6-8(2)15-9(3)7-10/h6-7H,4-5H2,1-3H3,(H2,16,17,18,19). The topological polar surface area (TPSA) is 78.9 Å². The summed E-state index contributed by atoms with van der Waals surface area (Å²) in [6.07, 6.45) is 1.30. The van der Waals surface area contributed by atoms with Crippen LogP contribution in [0.4, 0.5) is 0 Å². The highest BCUT2D eigenvalue weighted by Crippen LogP contribution is 2.19. The predicted octanol–water partition coefficient (Wildman–Crippen LogP) is 2.11. The van der Waals surface area contributed by atoms with E-state index in [0.29, 0.717) is 17.8 Å². The Kier molecular flexibility index (Phi) is 3.64. The highest BCUT2D eigenvalue weighted by atomic mass is 16.3. The molecule has 2 rings (SSSR count). The van der Waals surface area contributed by atoms with E-state index in [0.717, 1.165) is 23.4 Å². The lowest BCUT2D eigenvalue weighted by Gasteiger charge is -2.06. The second-order valence-corrected chi connectivity index (χ2v) is 4.61. The quantitative estimate of drug-likeness (QED) is 0.884. The van der Waals surface area contributed by atoms with E-state index in [1.807, 2.05) is 32.9 Å². The summed E-state index contributed by atoms with van der Waals surface area (Å²) in [7, 11) is 0. The van der Waals surface area contributed by atoms with Crippen LogP contribution in [0.5, 0.6) is 5.88 Å². The zero-order chi connectivity index (χ0) is 14.0. The number of pyridine rings is 1. The summed E-state index contributed by atoms with van der Waals surface area (Å²) in [5.41, 5.74) is 2.50. The Balaban J connectivity index is 2.55.